The molecular formula is C10H10Cl2N2O2S. The van der Waals surface area contributed by atoms with Gasteiger partial charge in [0.25, 0.3) is 0 Å². The van der Waals surface area contributed by atoms with Crippen LogP contribution in [-0.2, 0) is 10.0 Å². The van der Waals surface area contributed by atoms with Crippen LogP contribution in [0.4, 0.5) is 5.69 Å². The molecule has 0 aromatic heterocycles. The third-order valence-electron chi connectivity index (χ3n) is 3.01. The Labute approximate surface area is 110 Å². The zero-order chi connectivity index (χ0) is 12.2. The van der Waals surface area contributed by atoms with Crippen LogP contribution in [0.1, 0.15) is 12.8 Å². The first-order chi connectivity index (χ1) is 7.99. The van der Waals surface area contributed by atoms with E-state index in [-0.39, 0.29) is 9.92 Å². The Kier molecular flexibility index (Phi) is 2.56. The molecule has 0 radical (unpaired) electrons. The minimum absolute atomic E-state index is 0.213. The van der Waals surface area contributed by atoms with Gasteiger partial charge in [0, 0.05) is 6.04 Å². The van der Waals surface area contributed by atoms with Gasteiger partial charge < -0.3 is 4.90 Å². The Morgan fingerprint density at radius 2 is 1.88 bits per heavy atom. The molecule has 7 heteroatoms. The number of anilines is 1. The largest absolute Gasteiger partial charge is 0.354 e. The van der Waals surface area contributed by atoms with Crippen molar-refractivity contribution in [2.24, 2.45) is 0 Å². The molecule has 92 valence electrons. The monoisotopic (exact) mass is 292 g/mol. The number of nitrogens with one attached hydrogen (secondary N) is 1. The van der Waals surface area contributed by atoms with Crippen LogP contribution in [-0.4, -0.2) is 21.1 Å². The molecule has 1 N–H and O–H groups in total. The van der Waals surface area contributed by atoms with Crippen LogP contribution in [0.2, 0.25) is 10.0 Å². The van der Waals surface area contributed by atoms with E-state index in [9.17, 15) is 8.42 Å². The van der Waals surface area contributed by atoms with Gasteiger partial charge in [0.2, 0.25) is 10.0 Å². The van der Waals surface area contributed by atoms with Gasteiger partial charge >= 0.3 is 0 Å². The van der Waals surface area contributed by atoms with Crippen molar-refractivity contribution >= 4 is 38.9 Å². The standard InChI is InChI=1S/C10H10Cl2N2O2S/c11-7-3-9-10(4-8(7)12)17(15,16)13-5-14(9)6-1-2-6/h3-4,6,13H,1-2,5H2. The molecule has 1 aromatic carbocycles. The van der Waals surface area contributed by atoms with Gasteiger partial charge in [-0.2, -0.15) is 4.72 Å². The summed E-state index contributed by atoms with van der Waals surface area (Å²) in [5.74, 6) is 0. The topological polar surface area (TPSA) is 49.4 Å². The second-order valence-electron chi connectivity index (χ2n) is 4.24. The van der Waals surface area contributed by atoms with Gasteiger partial charge in [-0.25, -0.2) is 8.42 Å². The molecule has 2 aliphatic rings. The van der Waals surface area contributed by atoms with Crippen molar-refractivity contribution in [3.63, 3.8) is 0 Å². The Balaban J connectivity index is 2.20. The van der Waals surface area contributed by atoms with E-state index in [1.807, 2.05) is 4.90 Å². The molecule has 1 aliphatic carbocycles. The van der Waals surface area contributed by atoms with Crippen LogP contribution in [0, 0.1) is 0 Å². The fourth-order valence-corrected chi connectivity index (χ4v) is 3.56. The Hall–Kier alpha value is -0.490. The van der Waals surface area contributed by atoms with Gasteiger partial charge in [-0.05, 0) is 25.0 Å². The predicted octanol–water partition coefficient (Wildman–Crippen LogP) is 2.21. The van der Waals surface area contributed by atoms with Crippen LogP contribution in [0.3, 0.4) is 0 Å². The summed E-state index contributed by atoms with van der Waals surface area (Å²) >= 11 is 11.8. The van der Waals surface area contributed by atoms with Gasteiger partial charge in [-0.1, -0.05) is 23.2 Å². The number of benzene rings is 1. The molecule has 1 fully saturated rings. The highest BCUT2D eigenvalue weighted by molar-refractivity contribution is 7.89. The third-order valence-corrected chi connectivity index (χ3v) is 5.15. The highest BCUT2D eigenvalue weighted by Gasteiger charge is 2.37. The van der Waals surface area contributed by atoms with Crippen molar-refractivity contribution in [2.45, 2.75) is 23.8 Å². The fraction of sp³-hybridized carbons (Fsp3) is 0.400. The maximum absolute atomic E-state index is 11.9. The lowest BCUT2D eigenvalue weighted by molar-refractivity contribution is 0.570. The summed E-state index contributed by atoms with van der Waals surface area (Å²) in [5.41, 5.74) is 0.653. The van der Waals surface area contributed by atoms with Gasteiger partial charge in [-0.3, -0.25) is 0 Å². The van der Waals surface area contributed by atoms with Crippen molar-refractivity contribution in [2.75, 3.05) is 11.6 Å². The molecule has 1 saturated carbocycles. The van der Waals surface area contributed by atoms with E-state index >= 15 is 0 Å². The summed E-state index contributed by atoms with van der Waals surface area (Å²) in [6.45, 7) is 0.304. The number of halogens is 2. The Morgan fingerprint density at radius 1 is 1.24 bits per heavy atom. The van der Waals surface area contributed by atoms with Crippen molar-refractivity contribution in [1.82, 2.24) is 4.72 Å². The van der Waals surface area contributed by atoms with E-state index in [1.54, 1.807) is 6.07 Å². The van der Waals surface area contributed by atoms with Crippen molar-refractivity contribution < 1.29 is 8.42 Å². The molecule has 1 aromatic rings. The van der Waals surface area contributed by atoms with Gasteiger partial charge in [-0.15, -0.1) is 0 Å². The van der Waals surface area contributed by atoms with Gasteiger partial charge in [0.05, 0.1) is 22.4 Å². The lowest BCUT2D eigenvalue weighted by Gasteiger charge is -2.31. The number of hydrogen-bond acceptors (Lipinski definition) is 3. The zero-order valence-electron chi connectivity index (χ0n) is 8.78. The summed E-state index contributed by atoms with van der Waals surface area (Å²) in [7, 11) is -3.45. The first-order valence-electron chi connectivity index (χ1n) is 5.24. The van der Waals surface area contributed by atoms with Gasteiger partial charge in [0.15, 0.2) is 0 Å². The minimum Gasteiger partial charge on any atom is -0.354 e. The van der Waals surface area contributed by atoms with Crippen LogP contribution < -0.4 is 9.62 Å². The number of rotatable bonds is 1. The summed E-state index contributed by atoms with van der Waals surface area (Å²) in [6, 6.07) is 3.46. The highest BCUT2D eigenvalue weighted by Crippen LogP contribution is 2.40. The fourth-order valence-electron chi connectivity index (χ4n) is 1.99. The normalized spacial score (nSPS) is 22.4. The predicted molar refractivity (Wildman–Crippen MR) is 67.2 cm³/mol. The average Bonchev–Trinajstić information content (AvgIpc) is 3.05. The number of hydrogen-bond donors (Lipinski definition) is 1. The highest BCUT2D eigenvalue weighted by atomic mass is 35.5. The third kappa shape index (κ3) is 1.91. The molecule has 3 rings (SSSR count). The molecule has 0 spiro atoms. The molecule has 0 bridgehead atoms. The first kappa shape index (κ1) is 11.6. The molecule has 17 heavy (non-hydrogen) atoms. The molecule has 1 heterocycles. The van der Waals surface area contributed by atoms with Crippen molar-refractivity contribution in [1.29, 1.82) is 0 Å². The van der Waals surface area contributed by atoms with E-state index in [1.165, 1.54) is 6.07 Å². The maximum atomic E-state index is 11.9. The van der Waals surface area contributed by atoms with Gasteiger partial charge in [0.1, 0.15) is 4.90 Å². The molecule has 0 unspecified atom stereocenters. The first-order valence-corrected chi connectivity index (χ1v) is 7.48. The minimum atomic E-state index is -3.45. The number of sulfonamides is 1. The Morgan fingerprint density at radius 3 is 2.53 bits per heavy atom. The smallest absolute Gasteiger partial charge is 0.244 e. The van der Waals surface area contributed by atoms with Crippen LogP contribution in [0.5, 0.6) is 0 Å². The van der Waals surface area contributed by atoms with Crippen molar-refractivity contribution in [3.05, 3.63) is 22.2 Å². The second-order valence-corrected chi connectivity index (χ2v) is 6.79. The number of fused-ring (bicyclic) bond motifs is 1. The second kappa shape index (κ2) is 3.75. The molecule has 0 amide bonds. The average molecular weight is 293 g/mol. The SMILES string of the molecule is O=S1(=O)NCN(C2CC2)c2cc(Cl)c(Cl)cc21. The summed E-state index contributed by atoms with van der Waals surface area (Å²) in [6.07, 6.45) is 2.17. The summed E-state index contributed by atoms with van der Waals surface area (Å²) < 4.78 is 26.3. The molecular weight excluding hydrogens is 283 g/mol. The molecule has 1 aliphatic heterocycles. The molecule has 0 atom stereocenters. The summed E-state index contributed by atoms with van der Waals surface area (Å²) in [5, 5.41) is 0.640. The van der Waals surface area contributed by atoms with E-state index in [4.69, 9.17) is 23.2 Å². The van der Waals surface area contributed by atoms with Crippen LogP contribution >= 0.6 is 23.2 Å². The lowest BCUT2D eigenvalue weighted by Crippen LogP contribution is -2.44. The quantitative estimate of drug-likeness (QED) is 0.863. The van der Waals surface area contributed by atoms with Crippen LogP contribution in [0.25, 0.3) is 0 Å². The van der Waals surface area contributed by atoms with E-state index < -0.39 is 10.0 Å². The summed E-state index contributed by atoms with van der Waals surface area (Å²) in [4.78, 5) is 2.24. The van der Waals surface area contributed by atoms with Crippen molar-refractivity contribution in [3.8, 4) is 0 Å². The Bertz CT molecular complexity index is 584. The molecule has 4 nitrogen and oxygen atoms in total. The molecule has 0 saturated heterocycles. The zero-order valence-corrected chi connectivity index (χ0v) is 11.1. The van der Waals surface area contributed by atoms with Crippen LogP contribution in [0.15, 0.2) is 17.0 Å². The van der Waals surface area contributed by atoms with E-state index in [0.717, 1.165) is 12.8 Å². The number of nitrogens with zero attached hydrogens (tertiary/aromatic N) is 1. The van der Waals surface area contributed by atoms with E-state index in [0.29, 0.717) is 23.4 Å². The maximum Gasteiger partial charge on any atom is 0.244 e. The lowest BCUT2D eigenvalue weighted by atomic mass is 10.3. The van der Waals surface area contributed by atoms with E-state index in [2.05, 4.69) is 4.72 Å².